The Bertz CT molecular complexity index is 1490. The average Bonchev–Trinajstić information content (AvgIpc) is 3.21. The zero-order valence-corrected chi connectivity index (χ0v) is 21.6. The predicted molar refractivity (Wildman–Crippen MR) is 143 cm³/mol. The monoisotopic (exact) mass is 555 g/mol. The smallest absolute Gasteiger partial charge is 0.329 e. The number of imidazole rings is 1. The van der Waals surface area contributed by atoms with Gasteiger partial charge in [-0.05, 0) is 42.0 Å². The molecule has 1 atom stereocenters. The topological polar surface area (TPSA) is 130 Å². The Morgan fingerprint density at radius 3 is 2.56 bits per heavy atom. The molecule has 0 aliphatic carbocycles. The molecule has 0 amide bonds. The third kappa shape index (κ3) is 5.66. The van der Waals surface area contributed by atoms with Gasteiger partial charge in [0.2, 0.25) is 5.95 Å². The van der Waals surface area contributed by atoms with Crippen LogP contribution < -0.4 is 26.3 Å². The van der Waals surface area contributed by atoms with Gasteiger partial charge in [0.25, 0.3) is 5.56 Å². The fourth-order valence-corrected chi connectivity index (χ4v) is 3.77. The first-order chi connectivity index (χ1) is 17.2. The Morgan fingerprint density at radius 2 is 1.89 bits per heavy atom. The molecule has 0 saturated carbocycles. The number of nitrogens with one attached hydrogen (secondary N) is 2. The number of aryl methyl sites for hydroxylation is 1. The van der Waals surface area contributed by atoms with Gasteiger partial charge in [-0.1, -0.05) is 28.1 Å². The van der Waals surface area contributed by atoms with E-state index in [0.29, 0.717) is 5.75 Å². The van der Waals surface area contributed by atoms with Crippen molar-refractivity contribution in [2.45, 2.75) is 12.6 Å². The van der Waals surface area contributed by atoms with Crippen LogP contribution in [0.5, 0.6) is 5.75 Å². The van der Waals surface area contributed by atoms with Crippen LogP contribution in [-0.2, 0) is 13.6 Å². The molecule has 11 nitrogen and oxygen atoms in total. The van der Waals surface area contributed by atoms with Gasteiger partial charge in [-0.15, -0.1) is 0 Å². The number of halogens is 1. The quantitative estimate of drug-likeness (QED) is 0.213. The number of aromatic nitrogens is 4. The minimum absolute atomic E-state index is 0.0219. The summed E-state index contributed by atoms with van der Waals surface area (Å²) in [5, 5.41) is 14.9. The molecule has 188 valence electrons. The van der Waals surface area contributed by atoms with Crippen molar-refractivity contribution in [1.29, 1.82) is 0 Å². The fraction of sp³-hybridized carbons (Fsp3) is 0.250. The van der Waals surface area contributed by atoms with Gasteiger partial charge >= 0.3 is 5.69 Å². The number of hydrogen-bond acceptors (Lipinski definition) is 8. The van der Waals surface area contributed by atoms with Gasteiger partial charge in [-0.3, -0.25) is 14.3 Å². The van der Waals surface area contributed by atoms with Gasteiger partial charge in [0.05, 0.1) is 12.8 Å². The van der Waals surface area contributed by atoms with Crippen LogP contribution in [0.25, 0.3) is 11.2 Å². The second-order valence-electron chi connectivity index (χ2n) is 8.31. The van der Waals surface area contributed by atoms with E-state index >= 15 is 0 Å². The molecule has 0 saturated heterocycles. The number of ether oxygens (including phenoxy) is 1. The number of anilines is 2. The molecule has 0 spiro atoms. The molecule has 0 aliphatic rings. The number of aromatic amines is 1. The molecule has 2 aromatic carbocycles. The number of rotatable bonds is 9. The molecule has 4 aromatic rings. The number of fused-ring (bicyclic) bond motifs is 1. The van der Waals surface area contributed by atoms with Crippen molar-refractivity contribution in [3.63, 3.8) is 0 Å². The number of aliphatic hydroxyl groups is 1. The zero-order chi connectivity index (χ0) is 25.8. The van der Waals surface area contributed by atoms with Gasteiger partial charge < -0.3 is 19.3 Å². The van der Waals surface area contributed by atoms with E-state index in [1.807, 2.05) is 55.4 Å². The number of H-pyrrole nitrogens is 1. The molecule has 12 heteroatoms. The number of benzene rings is 2. The summed E-state index contributed by atoms with van der Waals surface area (Å²) in [5.74, 6) is 0.789. The lowest BCUT2D eigenvalue weighted by atomic mass is 10.2. The first kappa shape index (κ1) is 25.2. The fourth-order valence-electron chi connectivity index (χ4n) is 3.51. The lowest BCUT2D eigenvalue weighted by Crippen LogP contribution is -2.30. The van der Waals surface area contributed by atoms with Crippen molar-refractivity contribution in [3.05, 3.63) is 79.4 Å². The molecule has 0 aliphatic heterocycles. The lowest BCUT2D eigenvalue weighted by Gasteiger charge is -2.15. The van der Waals surface area contributed by atoms with Gasteiger partial charge in [0.15, 0.2) is 11.2 Å². The molecule has 0 radical (unpaired) electrons. The Hall–Kier alpha value is -3.90. The molecule has 3 N–H and O–H groups in total. The number of aliphatic hydroxyl groups excluding tert-OH is 1. The Balaban J connectivity index is 1.58. The van der Waals surface area contributed by atoms with E-state index in [2.05, 4.69) is 36.4 Å². The predicted octanol–water partition coefficient (Wildman–Crippen LogP) is 2.14. The molecule has 2 heterocycles. The van der Waals surface area contributed by atoms with Crippen LogP contribution in [0.3, 0.4) is 0 Å². The van der Waals surface area contributed by atoms with E-state index in [1.54, 1.807) is 18.3 Å². The van der Waals surface area contributed by atoms with Crippen molar-refractivity contribution in [1.82, 2.24) is 19.1 Å². The van der Waals surface area contributed by atoms with Gasteiger partial charge in [-0.25, -0.2) is 10.2 Å². The van der Waals surface area contributed by atoms with E-state index in [-0.39, 0.29) is 30.3 Å². The van der Waals surface area contributed by atoms with Crippen molar-refractivity contribution in [2.24, 2.45) is 12.1 Å². The maximum Gasteiger partial charge on any atom is 0.329 e. The van der Waals surface area contributed by atoms with Crippen LogP contribution in [0.4, 0.5) is 11.6 Å². The first-order valence-corrected chi connectivity index (χ1v) is 11.8. The third-order valence-corrected chi connectivity index (χ3v) is 5.97. The largest absolute Gasteiger partial charge is 0.491 e. The average molecular weight is 556 g/mol. The van der Waals surface area contributed by atoms with Crippen molar-refractivity contribution in [3.8, 4) is 5.75 Å². The lowest BCUT2D eigenvalue weighted by molar-refractivity contribution is 0.0938. The summed E-state index contributed by atoms with van der Waals surface area (Å²) >= 11 is 3.37. The van der Waals surface area contributed by atoms with Gasteiger partial charge in [0, 0.05) is 31.3 Å². The minimum atomic E-state index is -0.981. The molecule has 2 aromatic heterocycles. The summed E-state index contributed by atoms with van der Waals surface area (Å²) in [6.45, 7) is -0.0460. The summed E-state index contributed by atoms with van der Waals surface area (Å²) in [6, 6.07) is 15.0. The van der Waals surface area contributed by atoms with Crippen molar-refractivity contribution < 1.29 is 9.84 Å². The zero-order valence-electron chi connectivity index (χ0n) is 20.0. The van der Waals surface area contributed by atoms with E-state index in [0.717, 1.165) is 15.7 Å². The third-order valence-electron chi connectivity index (χ3n) is 5.44. The molecular formula is C24H26BrN7O4. The Labute approximate surface area is 214 Å². The van der Waals surface area contributed by atoms with E-state index in [4.69, 9.17) is 4.74 Å². The Kier molecular flexibility index (Phi) is 7.55. The maximum absolute atomic E-state index is 12.6. The summed E-state index contributed by atoms with van der Waals surface area (Å²) in [4.78, 5) is 33.4. The highest BCUT2D eigenvalue weighted by Crippen LogP contribution is 2.19. The standard InChI is InChI=1S/C24H26BrN7O4/c1-30(2)17-8-4-15(5-9-17)12-26-29-23-27-21-20(22(34)28-24(35)31(21)3)32(23)13-18(33)14-36-19-10-6-16(25)7-11-19/h4-12,18,33H,13-14H2,1-3H3,(H,27,29)(H,28,34,35). The van der Waals surface area contributed by atoms with Crippen LogP contribution in [0.2, 0.25) is 0 Å². The molecule has 36 heavy (non-hydrogen) atoms. The van der Waals surface area contributed by atoms with E-state index in [9.17, 15) is 14.7 Å². The normalized spacial score (nSPS) is 12.2. The summed E-state index contributed by atoms with van der Waals surface area (Å²) in [7, 11) is 5.43. The second-order valence-corrected chi connectivity index (χ2v) is 9.23. The molecule has 1 unspecified atom stereocenters. The number of nitrogens with zero attached hydrogens (tertiary/aromatic N) is 5. The highest BCUT2D eigenvalue weighted by atomic mass is 79.9. The minimum Gasteiger partial charge on any atom is -0.491 e. The van der Waals surface area contributed by atoms with Crippen molar-refractivity contribution in [2.75, 3.05) is 31.0 Å². The Morgan fingerprint density at radius 1 is 1.19 bits per heavy atom. The molecule has 0 fully saturated rings. The summed E-state index contributed by atoms with van der Waals surface area (Å²) in [6.07, 6.45) is 0.630. The van der Waals surface area contributed by atoms with E-state index in [1.165, 1.54) is 16.2 Å². The van der Waals surface area contributed by atoms with Gasteiger partial charge in [-0.2, -0.15) is 10.1 Å². The van der Waals surface area contributed by atoms with Crippen LogP contribution in [0.1, 0.15) is 5.56 Å². The molecular weight excluding hydrogens is 530 g/mol. The highest BCUT2D eigenvalue weighted by molar-refractivity contribution is 9.10. The summed E-state index contributed by atoms with van der Waals surface area (Å²) < 4.78 is 9.29. The highest BCUT2D eigenvalue weighted by Gasteiger charge is 2.20. The van der Waals surface area contributed by atoms with E-state index < -0.39 is 17.4 Å². The first-order valence-electron chi connectivity index (χ1n) is 11.1. The van der Waals surface area contributed by atoms with Crippen LogP contribution in [-0.4, -0.2) is 57.2 Å². The molecule has 4 rings (SSSR count). The van der Waals surface area contributed by atoms with Gasteiger partial charge in [0.1, 0.15) is 18.5 Å². The van der Waals surface area contributed by atoms with Crippen LogP contribution in [0, 0.1) is 0 Å². The van der Waals surface area contributed by atoms with Crippen LogP contribution in [0.15, 0.2) is 67.7 Å². The number of hydrazone groups is 1. The SMILES string of the molecule is CN(C)c1ccc(C=NNc2nc3c(c(=O)[nH]c(=O)n3C)n2CC(O)COc2ccc(Br)cc2)cc1. The van der Waals surface area contributed by atoms with Crippen molar-refractivity contribution >= 4 is 44.9 Å². The maximum atomic E-state index is 12.6. The van der Waals surface area contributed by atoms with Crippen LogP contribution >= 0.6 is 15.9 Å². The molecule has 0 bridgehead atoms. The number of hydrogen-bond donors (Lipinski definition) is 3. The summed E-state index contributed by atoms with van der Waals surface area (Å²) in [5.41, 5.74) is 3.83. The second kappa shape index (κ2) is 10.8.